The summed E-state index contributed by atoms with van der Waals surface area (Å²) in [5.41, 5.74) is -0.847. The normalized spacial score (nSPS) is 12.1. The van der Waals surface area contributed by atoms with E-state index >= 15 is 0 Å². The molecule has 0 aliphatic heterocycles. The summed E-state index contributed by atoms with van der Waals surface area (Å²) in [6.07, 6.45) is 1.13. The molecule has 0 spiro atoms. The fraction of sp³-hybridized carbons (Fsp3) is 0.312. The third-order valence-corrected chi connectivity index (χ3v) is 3.43. The topological polar surface area (TPSA) is 81.3 Å². The average molecular weight is 302 g/mol. The van der Waals surface area contributed by atoms with Crippen LogP contribution >= 0.6 is 0 Å². The van der Waals surface area contributed by atoms with Gasteiger partial charge in [0.15, 0.2) is 0 Å². The van der Waals surface area contributed by atoms with E-state index in [1.807, 2.05) is 0 Å². The maximum Gasteiger partial charge on any atom is 0.338 e. The predicted molar refractivity (Wildman–Crippen MR) is 82.2 cm³/mol. The summed E-state index contributed by atoms with van der Waals surface area (Å²) >= 11 is 0. The van der Waals surface area contributed by atoms with Gasteiger partial charge in [0.1, 0.15) is 0 Å². The second kappa shape index (κ2) is 6.53. The van der Waals surface area contributed by atoms with Gasteiger partial charge < -0.3 is 5.11 Å². The highest BCUT2D eigenvalue weighted by Crippen LogP contribution is 2.01. The van der Waals surface area contributed by atoms with E-state index in [4.69, 9.17) is 0 Å². The van der Waals surface area contributed by atoms with Gasteiger partial charge in [0.25, 0.3) is 11.5 Å². The zero-order valence-electron chi connectivity index (χ0n) is 12.5. The van der Waals surface area contributed by atoms with Crippen LogP contribution in [0.15, 0.2) is 46.1 Å². The molecule has 1 aromatic carbocycles. The maximum atomic E-state index is 12.4. The van der Waals surface area contributed by atoms with E-state index in [2.05, 4.69) is 0 Å². The largest absolute Gasteiger partial charge is 0.391 e. The smallest absolute Gasteiger partial charge is 0.338 e. The van der Waals surface area contributed by atoms with Gasteiger partial charge >= 0.3 is 5.69 Å². The third-order valence-electron chi connectivity index (χ3n) is 3.43. The molecule has 0 radical (unpaired) electrons. The Morgan fingerprint density at radius 1 is 1.23 bits per heavy atom. The Balaban J connectivity index is 2.58. The molecule has 1 aromatic heterocycles. The van der Waals surface area contributed by atoms with E-state index in [1.54, 1.807) is 37.3 Å². The molecule has 1 unspecified atom stereocenters. The molecular formula is C16H18N2O4. The van der Waals surface area contributed by atoms with Crippen LogP contribution in [0.2, 0.25) is 0 Å². The second-order valence-electron chi connectivity index (χ2n) is 5.12. The van der Waals surface area contributed by atoms with Crippen molar-refractivity contribution in [3.05, 3.63) is 68.5 Å². The molecule has 0 saturated heterocycles. The number of aliphatic hydroxyl groups is 1. The van der Waals surface area contributed by atoms with Crippen molar-refractivity contribution in [3.63, 3.8) is 0 Å². The number of benzene rings is 1. The van der Waals surface area contributed by atoms with Crippen LogP contribution in [0.25, 0.3) is 0 Å². The van der Waals surface area contributed by atoms with Gasteiger partial charge in [-0.15, -0.1) is 0 Å². The molecule has 0 bridgehead atoms. The van der Waals surface area contributed by atoms with Gasteiger partial charge in [0.2, 0.25) is 0 Å². The molecule has 0 aliphatic carbocycles. The number of aliphatic hydroxyl groups excluding tert-OH is 1. The number of hydrogen-bond acceptors (Lipinski definition) is 4. The predicted octanol–water partition coefficient (Wildman–Crippen LogP) is 0.778. The Bertz CT molecular complexity index is 790. The van der Waals surface area contributed by atoms with Gasteiger partial charge in [0.05, 0.1) is 12.6 Å². The van der Waals surface area contributed by atoms with Gasteiger partial charge in [-0.25, -0.2) is 4.79 Å². The minimum Gasteiger partial charge on any atom is -0.391 e. The van der Waals surface area contributed by atoms with Crippen molar-refractivity contribution in [1.29, 1.82) is 0 Å². The molecular weight excluding hydrogens is 284 g/mol. The molecule has 0 saturated carbocycles. The first-order valence-electron chi connectivity index (χ1n) is 7.06. The lowest BCUT2D eigenvalue weighted by atomic mass is 10.2. The summed E-state index contributed by atoms with van der Waals surface area (Å²) in [5, 5.41) is 9.71. The fourth-order valence-electron chi connectivity index (χ4n) is 2.11. The zero-order valence-corrected chi connectivity index (χ0v) is 12.5. The first-order valence-corrected chi connectivity index (χ1v) is 7.06. The lowest BCUT2D eigenvalue weighted by Gasteiger charge is -2.13. The van der Waals surface area contributed by atoms with Crippen molar-refractivity contribution < 1.29 is 9.90 Å². The average Bonchev–Trinajstić information content (AvgIpc) is 2.53. The number of nitrogens with zero attached hydrogens (tertiary/aromatic N) is 2. The molecule has 6 heteroatoms. The Morgan fingerprint density at radius 2 is 1.86 bits per heavy atom. The maximum absolute atomic E-state index is 12.4. The first kappa shape index (κ1) is 15.9. The van der Waals surface area contributed by atoms with Gasteiger partial charge in [-0.1, -0.05) is 25.1 Å². The molecule has 2 rings (SSSR count). The molecule has 0 aliphatic rings. The molecule has 116 valence electrons. The van der Waals surface area contributed by atoms with E-state index in [0.29, 0.717) is 11.0 Å². The highest BCUT2D eigenvalue weighted by molar-refractivity contribution is 5.95. The van der Waals surface area contributed by atoms with Crippen molar-refractivity contribution in [2.24, 2.45) is 0 Å². The van der Waals surface area contributed by atoms with E-state index in [-0.39, 0.29) is 17.7 Å². The van der Waals surface area contributed by atoms with E-state index in [9.17, 15) is 19.5 Å². The number of rotatable bonds is 4. The van der Waals surface area contributed by atoms with Gasteiger partial charge in [0, 0.05) is 17.3 Å². The monoisotopic (exact) mass is 302 g/mol. The summed E-state index contributed by atoms with van der Waals surface area (Å²) < 4.78 is 1.82. The zero-order chi connectivity index (χ0) is 16.3. The van der Waals surface area contributed by atoms with E-state index < -0.39 is 23.3 Å². The van der Waals surface area contributed by atoms with Crippen molar-refractivity contribution in [1.82, 2.24) is 9.13 Å². The van der Waals surface area contributed by atoms with Crippen LogP contribution < -0.4 is 11.2 Å². The van der Waals surface area contributed by atoms with Crippen LogP contribution in [0.5, 0.6) is 0 Å². The Labute approximate surface area is 127 Å². The number of aromatic nitrogens is 2. The highest BCUT2D eigenvalue weighted by Gasteiger charge is 2.18. The number of carbonyl (C=O) groups excluding carboxylic acids is 1. The molecule has 1 heterocycles. The lowest BCUT2D eigenvalue weighted by molar-refractivity contribution is 0.0943. The van der Waals surface area contributed by atoms with Crippen molar-refractivity contribution >= 4 is 5.91 Å². The summed E-state index contributed by atoms with van der Waals surface area (Å²) in [6, 6.07) is 8.15. The SMILES string of the molecule is CCC(O)Cn1cc(C)c(=O)n(C(=O)c2ccccc2)c1=O. The van der Waals surface area contributed by atoms with Crippen molar-refractivity contribution in [3.8, 4) is 0 Å². The highest BCUT2D eigenvalue weighted by atomic mass is 16.3. The number of carbonyl (C=O) groups is 1. The molecule has 0 amide bonds. The van der Waals surface area contributed by atoms with Crippen LogP contribution in [0.1, 0.15) is 29.3 Å². The first-order chi connectivity index (χ1) is 10.5. The standard InChI is InChI=1S/C16H18N2O4/c1-3-13(19)10-17-9-11(2)14(20)18(16(17)22)15(21)12-7-5-4-6-8-12/h4-9,13,19H,3,10H2,1-2H3. The number of hydrogen-bond donors (Lipinski definition) is 1. The molecule has 0 fully saturated rings. The van der Waals surface area contributed by atoms with Gasteiger partial charge in [-0.3, -0.25) is 14.2 Å². The molecule has 22 heavy (non-hydrogen) atoms. The van der Waals surface area contributed by atoms with Gasteiger partial charge in [-0.2, -0.15) is 4.57 Å². The number of aryl methyl sites for hydroxylation is 1. The minimum absolute atomic E-state index is 0.0402. The minimum atomic E-state index is -0.739. The summed E-state index contributed by atoms with van der Waals surface area (Å²) in [4.78, 5) is 37.0. The van der Waals surface area contributed by atoms with Crippen molar-refractivity contribution in [2.45, 2.75) is 32.9 Å². The Kier molecular flexibility index (Phi) is 4.72. The van der Waals surface area contributed by atoms with Crippen LogP contribution in [0, 0.1) is 6.92 Å². The van der Waals surface area contributed by atoms with Crippen molar-refractivity contribution in [2.75, 3.05) is 0 Å². The van der Waals surface area contributed by atoms with E-state index in [0.717, 1.165) is 0 Å². The summed E-state index contributed by atoms with van der Waals surface area (Å²) in [6.45, 7) is 3.36. The molecule has 1 N–H and O–H groups in total. The third kappa shape index (κ3) is 3.07. The quantitative estimate of drug-likeness (QED) is 0.905. The molecule has 2 aromatic rings. The van der Waals surface area contributed by atoms with Crippen LogP contribution in [0.4, 0.5) is 0 Å². The second-order valence-corrected chi connectivity index (χ2v) is 5.12. The summed E-state index contributed by atoms with van der Waals surface area (Å²) in [7, 11) is 0. The molecule has 1 atom stereocenters. The molecule has 6 nitrogen and oxygen atoms in total. The summed E-state index contributed by atoms with van der Waals surface area (Å²) in [5.74, 6) is -0.668. The van der Waals surface area contributed by atoms with E-state index in [1.165, 1.54) is 17.7 Å². The Morgan fingerprint density at radius 3 is 2.45 bits per heavy atom. The van der Waals surface area contributed by atoms with Crippen LogP contribution in [-0.2, 0) is 6.54 Å². The fourth-order valence-corrected chi connectivity index (χ4v) is 2.11. The Hall–Kier alpha value is -2.47. The van der Waals surface area contributed by atoms with Gasteiger partial charge in [-0.05, 0) is 25.5 Å². The lowest BCUT2D eigenvalue weighted by Crippen LogP contribution is -2.45. The van der Waals surface area contributed by atoms with Crippen LogP contribution in [0.3, 0.4) is 0 Å². The van der Waals surface area contributed by atoms with Crippen LogP contribution in [-0.4, -0.2) is 26.3 Å².